The van der Waals surface area contributed by atoms with Crippen molar-refractivity contribution in [1.29, 1.82) is 0 Å². The Labute approximate surface area is 165 Å². The van der Waals surface area contributed by atoms with Gasteiger partial charge >= 0.3 is 0 Å². The van der Waals surface area contributed by atoms with E-state index in [0.29, 0.717) is 23.2 Å². The summed E-state index contributed by atoms with van der Waals surface area (Å²) in [6, 6.07) is 14.7. The summed E-state index contributed by atoms with van der Waals surface area (Å²) in [6.45, 7) is 0.0681. The molecule has 0 aliphatic carbocycles. The van der Waals surface area contributed by atoms with Crippen LogP contribution < -0.4 is 9.47 Å². The van der Waals surface area contributed by atoms with Crippen LogP contribution in [0.4, 0.5) is 0 Å². The Hall–Kier alpha value is -2.87. The lowest BCUT2D eigenvalue weighted by atomic mass is 10.2. The minimum atomic E-state index is -0.219. The van der Waals surface area contributed by atoms with Gasteiger partial charge in [0.05, 0.1) is 13.7 Å². The van der Waals surface area contributed by atoms with Crippen LogP contribution in [-0.2, 0) is 11.3 Å². The van der Waals surface area contributed by atoms with Gasteiger partial charge in [0.25, 0.3) is 5.91 Å². The number of para-hydroxylation sites is 2. The molecule has 0 N–H and O–H groups in total. The van der Waals surface area contributed by atoms with Crippen molar-refractivity contribution in [3.63, 3.8) is 0 Å². The number of ether oxygens (including phenoxy) is 2. The van der Waals surface area contributed by atoms with E-state index < -0.39 is 0 Å². The van der Waals surface area contributed by atoms with E-state index >= 15 is 0 Å². The molecule has 0 unspecified atom stereocenters. The lowest BCUT2D eigenvalue weighted by Gasteiger charge is -2.16. The Balaban J connectivity index is 1.58. The van der Waals surface area contributed by atoms with Crippen LogP contribution in [0.2, 0.25) is 0 Å². The summed E-state index contributed by atoms with van der Waals surface area (Å²) >= 11 is 3.41. The van der Waals surface area contributed by atoms with Crippen molar-refractivity contribution in [3.05, 3.63) is 58.9 Å². The van der Waals surface area contributed by atoms with Gasteiger partial charge < -0.3 is 18.9 Å². The molecular formula is C19H18BrN3O4. The van der Waals surface area contributed by atoms with Crippen LogP contribution in [0.1, 0.15) is 5.89 Å². The first-order valence-electron chi connectivity index (χ1n) is 8.15. The second kappa shape index (κ2) is 8.68. The molecule has 0 bridgehead atoms. The number of halogens is 1. The molecule has 8 heteroatoms. The number of benzene rings is 2. The van der Waals surface area contributed by atoms with E-state index in [0.717, 1.165) is 10.0 Å². The summed E-state index contributed by atoms with van der Waals surface area (Å²) in [4.78, 5) is 18.1. The maximum Gasteiger partial charge on any atom is 0.260 e. The molecule has 140 valence electrons. The zero-order valence-corrected chi connectivity index (χ0v) is 16.5. The van der Waals surface area contributed by atoms with Crippen LogP contribution >= 0.6 is 15.9 Å². The molecule has 27 heavy (non-hydrogen) atoms. The fourth-order valence-corrected chi connectivity index (χ4v) is 2.74. The second-order valence-electron chi connectivity index (χ2n) is 5.71. The number of amides is 1. The van der Waals surface area contributed by atoms with E-state index in [4.69, 9.17) is 14.0 Å². The van der Waals surface area contributed by atoms with Gasteiger partial charge in [0.1, 0.15) is 0 Å². The number of carbonyl (C=O) groups excluding carboxylic acids is 1. The Morgan fingerprint density at radius 2 is 1.96 bits per heavy atom. The van der Waals surface area contributed by atoms with Crippen LogP contribution in [0.3, 0.4) is 0 Å². The molecule has 0 radical (unpaired) electrons. The van der Waals surface area contributed by atoms with E-state index in [1.807, 2.05) is 36.4 Å². The van der Waals surface area contributed by atoms with Gasteiger partial charge in [-0.3, -0.25) is 4.79 Å². The molecule has 0 fully saturated rings. The standard InChI is InChI=1S/C19H18BrN3O4/c1-23(18(24)12-26-16-9-4-3-8-15(16)25-2)11-17-21-19(22-27-17)13-6-5-7-14(20)10-13/h3-10H,11-12H2,1-2H3. The smallest absolute Gasteiger partial charge is 0.260 e. The third kappa shape index (κ3) is 4.85. The van der Waals surface area contributed by atoms with Crippen LogP contribution in [-0.4, -0.2) is 41.7 Å². The number of rotatable bonds is 7. The van der Waals surface area contributed by atoms with Gasteiger partial charge in [-0.2, -0.15) is 4.98 Å². The van der Waals surface area contributed by atoms with E-state index in [9.17, 15) is 4.79 Å². The van der Waals surface area contributed by atoms with Crippen molar-refractivity contribution >= 4 is 21.8 Å². The minimum absolute atomic E-state index is 0.122. The molecule has 1 amide bonds. The maximum absolute atomic E-state index is 12.3. The molecule has 0 saturated heterocycles. The normalized spacial score (nSPS) is 10.5. The number of likely N-dealkylation sites (N-methyl/N-ethyl adjacent to an activating group) is 1. The number of hydrogen-bond acceptors (Lipinski definition) is 6. The number of nitrogens with zero attached hydrogens (tertiary/aromatic N) is 3. The molecule has 2 aromatic carbocycles. The number of hydrogen-bond donors (Lipinski definition) is 0. The van der Waals surface area contributed by atoms with Crippen LogP contribution in [0.5, 0.6) is 11.5 Å². The van der Waals surface area contributed by atoms with Gasteiger partial charge in [0.15, 0.2) is 18.1 Å². The summed E-state index contributed by atoms with van der Waals surface area (Å²) < 4.78 is 16.9. The summed E-state index contributed by atoms with van der Waals surface area (Å²) in [6.07, 6.45) is 0. The van der Waals surface area contributed by atoms with Crippen LogP contribution in [0.25, 0.3) is 11.4 Å². The summed E-state index contributed by atoms with van der Waals surface area (Å²) in [7, 11) is 3.20. The lowest BCUT2D eigenvalue weighted by molar-refractivity contribution is -0.132. The van der Waals surface area contributed by atoms with Crippen molar-refractivity contribution < 1.29 is 18.8 Å². The van der Waals surface area contributed by atoms with E-state index in [1.54, 1.807) is 26.3 Å². The maximum atomic E-state index is 12.3. The Morgan fingerprint density at radius 1 is 1.19 bits per heavy atom. The molecule has 0 saturated carbocycles. The minimum Gasteiger partial charge on any atom is -0.493 e. The van der Waals surface area contributed by atoms with Crippen molar-refractivity contribution in [2.24, 2.45) is 0 Å². The van der Waals surface area contributed by atoms with Gasteiger partial charge in [0.2, 0.25) is 11.7 Å². The van der Waals surface area contributed by atoms with E-state index in [2.05, 4.69) is 26.1 Å². The third-order valence-corrected chi connectivity index (χ3v) is 4.26. The highest BCUT2D eigenvalue weighted by atomic mass is 79.9. The molecular weight excluding hydrogens is 414 g/mol. The van der Waals surface area contributed by atoms with Crippen molar-refractivity contribution in [1.82, 2.24) is 15.0 Å². The molecule has 3 rings (SSSR count). The summed E-state index contributed by atoms with van der Waals surface area (Å²) in [5, 5.41) is 3.96. The summed E-state index contributed by atoms with van der Waals surface area (Å²) in [5.41, 5.74) is 0.827. The molecule has 0 aliphatic rings. The molecule has 0 spiro atoms. The lowest BCUT2D eigenvalue weighted by Crippen LogP contribution is -2.31. The van der Waals surface area contributed by atoms with Gasteiger partial charge in [-0.05, 0) is 24.3 Å². The molecule has 0 aliphatic heterocycles. The number of aromatic nitrogens is 2. The fraction of sp³-hybridized carbons (Fsp3) is 0.211. The molecule has 1 heterocycles. The first-order valence-corrected chi connectivity index (χ1v) is 8.94. The van der Waals surface area contributed by atoms with Crippen molar-refractivity contribution in [2.75, 3.05) is 20.8 Å². The fourth-order valence-electron chi connectivity index (χ4n) is 2.34. The van der Waals surface area contributed by atoms with Gasteiger partial charge in [-0.1, -0.05) is 45.4 Å². The molecule has 0 atom stereocenters. The highest BCUT2D eigenvalue weighted by Crippen LogP contribution is 2.25. The monoisotopic (exact) mass is 431 g/mol. The first-order chi connectivity index (χ1) is 13.1. The van der Waals surface area contributed by atoms with E-state index in [-0.39, 0.29) is 19.1 Å². The SMILES string of the molecule is COc1ccccc1OCC(=O)N(C)Cc1nc(-c2cccc(Br)c2)no1. The zero-order valence-electron chi connectivity index (χ0n) is 14.9. The Bertz CT molecular complexity index is 929. The average molecular weight is 432 g/mol. The largest absolute Gasteiger partial charge is 0.493 e. The Kier molecular flexibility index (Phi) is 6.08. The number of methoxy groups -OCH3 is 1. The van der Waals surface area contributed by atoms with Crippen LogP contribution in [0.15, 0.2) is 57.5 Å². The summed E-state index contributed by atoms with van der Waals surface area (Å²) in [5.74, 6) is 1.68. The topological polar surface area (TPSA) is 77.7 Å². The van der Waals surface area contributed by atoms with Crippen LogP contribution in [0, 0.1) is 0 Å². The third-order valence-electron chi connectivity index (χ3n) is 3.77. The van der Waals surface area contributed by atoms with Crippen molar-refractivity contribution in [3.8, 4) is 22.9 Å². The predicted octanol–water partition coefficient (Wildman–Crippen LogP) is 3.55. The van der Waals surface area contributed by atoms with E-state index in [1.165, 1.54) is 4.90 Å². The Morgan fingerprint density at radius 3 is 2.70 bits per heavy atom. The second-order valence-corrected chi connectivity index (χ2v) is 6.63. The predicted molar refractivity (Wildman–Crippen MR) is 102 cm³/mol. The molecule has 7 nitrogen and oxygen atoms in total. The highest BCUT2D eigenvalue weighted by molar-refractivity contribution is 9.10. The zero-order chi connectivity index (χ0) is 19.2. The average Bonchev–Trinajstić information content (AvgIpc) is 3.14. The quantitative estimate of drug-likeness (QED) is 0.569. The number of carbonyl (C=O) groups is 1. The van der Waals surface area contributed by atoms with Gasteiger partial charge in [-0.25, -0.2) is 0 Å². The first kappa shape index (κ1) is 18.9. The molecule has 3 aromatic rings. The van der Waals surface area contributed by atoms with Gasteiger partial charge in [-0.15, -0.1) is 0 Å². The highest BCUT2D eigenvalue weighted by Gasteiger charge is 2.16. The molecule has 1 aromatic heterocycles. The van der Waals surface area contributed by atoms with Gasteiger partial charge in [0, 0.05) is 17.1 Å². The van der Waals surface area contributed by atoms with Crippen molar-refractivity contribution in [2.45, 2.75) is 6.54 Å².